The third-order valence-corrected chi connectivity index (χ3v) is 8.98. The third kappa shape index (κ3) is 3.00. The molecule has 2 unspecified atom stereocenters. The van der Waals surface area contributed by atoms with E-state index in [-0.39, 0.29) is 0 Å². The Bertz CT molecular complexity index is 723. The van der Waals surface area contributed by atoms with Gasteiger partial charge in [0.2, 0.25) is 0 Å². The van der Waals surface area contributed by atoms with Crippen molar-refractivity contribution in [2.24, 2.45) is 11.8 Å². The van der Waals surface area contributed by atoms with Gasteiger partial charge in [0.05, 0.1) is 12.2 Å². The van der Waals surface area contributed by atoms with Crippen molar-refractivity contribution in [2.75, 3.05) is 4.90 Å². The summed E-state index contributed by atoms with van der Waals surface area (Å²) in [6.45, 7) is 7.25. The fourth-order valence-electron chi connectivity index (χ4n) is 7.73. The van der Waals surface area contributed by atoms with Crippen molar-refractivity contribution in [1.82, 2.24) is 4.90 Å². The van der Waals surface area contributed by atoms with Crippen LogP contribution in [-0.2, 0) is 0 Å². The molecule has 0 spiro atoms. The van der Waals surface area contributed by atoms with Crippen LogP contribution in [0.1, 0.15) is 83.6 Å². The summed E-state index contributed by atoms with van der Waals surface area (Å²) in [5.41, 5.74) is 3.16. The van der Waals surface area contributed by atoms with Crippen molar-refractivity contribution in [2.45, 2.75) is 109 Å². The van der Waals surface area contributed by atoms with Crippen molar-refractivity contribution < 1.29 is 0 Å². The number of fused-ring (bicyclic) bond motifs is 1. The highest BCUT2D eigenvalue weighted by molar-refractivity contribution is 5.57. The first-order valence-corrected chi connectivity index (χ1v) is 12.5. The minimum absolute atomic E-state index is 0.302. The van der Waals surface area contributed by atoms with Crippen LogP contribution in [0.4, 0.5) is 5.69 Å². The summed E-state index contributed by atoms with van der Waals surface area (Å²) in [6.07, 6.45) is 20.3. The summed E-state index contributed by atoms with van der Waals surface area (Å²) in [4.78, 5) is 5.75. The maximum absolute atomic E-state index is 3.01. The lowest BCUT2D eigenvalue weighted by atomic mass is 9.64. The van der Waals surface area contributed by atoms with Gasteiger partial charge in [-0.15, -0.1) is 0 Å². The van der Waals surface area contributed by atoms with E-state index in [0.29, 0.717) is 23.8 Å². The predicted molar refractivity (Wildman–Crippen MR) is 123 cm³/mol. The van der Waals surface area contributed by atoms with Gasteiger partial charge in [0.1, 0.15) is 0 Å². The first kappa shape index (κ1) is 19.7. The van der Waals surface area contributed by atoms with Gasteiger partial charge in [0.25, 0.3) is 0 Å². The van der Waals surface area contributed by atoms with E-state index in [9.17, 15) is 0 Å². The molecule has 5 rings (SSSR count). The molecule has 158 valence electrons. The predicted octanol–water partition coefficient (Wildman–Crippen LogP) is 6.69. The number of benzene rings is 1. The number of hydrogen-bond acceptors (Lipinski definition) is 2. The number of nitrogens with zero attached hydrogens (tertiary/aromatic N) is 2. The molecule has 1 aromatic carbocycles. The molecule has 0 N–H and O–H groups in total. The molecule has 2 heteroatoms. The van der Waals surface area contributed by atoms with Gasteiger partial charge in [0.15, 0.2) is 0 Å². The van der Waals surface area contributed by atoms with Gasteiger partial charge in [-0.05, 0) is 69.9 Å². The van der Waals surface area contributed by atoms with Crippen LogP contribution in [0.15, 0.2) is 36.4 Å². The van der Waals surface area contributed by atoms with E-state index in [0.717, 1.165) is 11.8 Å². The van der Waals surface area contributed by atoms with Gasteiger partial charge in [0, 0.05) is 17.3 Å². The minimum atomic E-state index is 0.302. The SMILES string of the molecule is Cc1ccccc1N1C(C)N2C(C=CC2(C2CCCCC2)C2CCCCC2)[C@@H]1C. The van der Waals surface area contributed by atoms with Crippen molar-refractivity contribution in [1.29, 1.82) is 0 Å². The van der Waals surface area contributed by atoms with Crippen molar-refractivity contribution >= 4 is 5.69 Å². The normalized spacial score (nSPS) is 33.3. The molecular formula is C27H40N2. The highest BCUT2D eigenvalue weighted by atomic mass is 15.5. The number of hydrogen-bond donors (Lipinski definition) is 0. The number of para-hydroxylation sites is 1. The van der Waals surface area contributed by atoms with Crippen LogP contribution in [0.2, 0.25) is 0 Å². The zero-order valence-electron chi connectivity index (χ0n) is 18.8. The first-order chi connectivity index (χ1) is 14.1. The fourth-order valence-corrected chi connectivity index (χ4v) is 7.73. The number of anilines is 1. The molecule has 0 aromatic heterocycles. The quantitative estimate of drug-likeness (QED) is 0.529. The Balaban J connectivity index is 1.55. The van der Waals surface area contributed by atoms with E-state index >= 15 is 0 Å². The molecule has 2 saturated carbocycles. The van der Waals surface area contributed by atoms with Gasteiger partial charge >= 0.3 is 0 Å². The van der Waals surface area contributed by atoms with Crippen LogP contribution in [-0.4, -0.2) is 28.7 Å². The molecule has 0 bridgehead atoms. The first-order valence-electron chi connectivity index (χ1n) is 12.5. The Morgan fingerprint density at radius 3 is 2.00 bits per heavy atom. The summed E-state index contributed by atoms with van der Waals surface area (Å²) in [5, 5.41) is 0. The van der Waals surface area contributed by atoms with Crippen LogP contribution >= 0.6 is 0 Å². The standard InChI is InChI=1S/C27H40N2/c1-20-12-10-11-17-25(20)28-21(2)26-18-19-27(29(26)22(28)3,23-13-6-4-7-14-23)24-15-8-5-9-16-24/h10-12,17-19,21-24,26H,4-9,13-16H2,1-3H3/t21-,22?,26?/m0/s1. The molecule has 2 heterocycles. The molecule has 4 aliphatic rings. The number of aryl methyl sites for hydroxylation is 1. The lowest BCUT2D eigenvalue weighted by Gasteiger charge is -2.53. The summed E-state index contributed by atoms with van der Waals surface area (Å²) in [6, 6.07) is 10.1. The zero-order valence-corrected chi connectivity index (χ0v) is 18.8. The van der Waals surface area contributed by atoms with Gasteiger partial charge in [-0.1, -0.05) is 68.9 Å². The second kappa shape index (κ2) is 7.76. The maximum atomic E-state index is 3.01. The Hall–Kier alpha value is -1.28. The van der Waals surface area contributed by atoms with Gasteiger partial charge < -0.3 is 4.90 Å². The van der Waals surface area contributed by atoms with E-state index in [1.54, 1.807) is 0 Å². The van der Waals surface area contributed by atoms with Crippen molar-refractivity contribution in [3.63, 3.8) is 0 Å². The van der Waals surface area contributed by atoms with Crippen molar-refractivity contribution in [3.05, 3.63) is 42.0 Å². The lowest BCUT2D eigenvalue weighted by molar-refractivity contribution is -0.0152. The van der Waals surface area contributed by atoms with Gasteiger partial charge in [-0.25, -0.2) is 0 Å². The van der Waals surface area contributed by atoms with Crippen LogP contribution in [0, 0.1) is 18.8 Å². The van der Waals surface area contributed by atoms with E-state index < -0.39 is 0 Å². The minimum Gasteiger partial charge on any atom is -0.351 e. The number of rotatable bonds is 3. The monoisotopic (exact) mass is 392 g/mol. The van der Waals surface area contributed by atoms with E-state index in [2.05, 4.69) is 67.0 Å². The summed E-state index contributed by atoms with van der Waals surface area (Å²) >= 11 is 0. The Labute approximate surface area is 178 Å². The molecule has 2 nitrogen and oxygen atoms in total. The highest BCUT2D eigenvalue weighted by Gasteiger charge is 2.59. The largest absolute Gasteiger partial charge is 0.351 e. The van der Waals surface area contributed by atoms with Gasteiger partial charge in [-0.3, -0.25) is 4.90 Å². The Morgan fingerprint density at radius 2 is 1.41 bits per heavy atom. The third-order valence-electron chi connectivity index (χ3n) is 8.98. The average molecular weight is 393 g/mol. The maximum Gasteiger partial charge on any atom is 0.0808 e. The smallest absolute Gasteiger partial charge is 0.0808 e. The highest BCUT2D eigenvalue weighted by Crippen LogP contribution is 2.54. The van der Waals surface area contributed by atoms with E-state index in [1.165, 1.54) is 75.5 Å². The summed E-state index contributed by atoms with van der Waals surface area (Å²) in [5.74, 6) is 1.71. The Kier molecular flexibility index (Phi) is 5.26. The molecule has 29 heavy (non-hydrogen) atoms. The fraction of sp³-hybridized carbons (Fsp3) is 0.704. The van der Waals surface area contributed by atoms with Gasteiger partial charge in [-0.2, -0.15) is 0 Å². The van der Waals surface area contributed by atoms with Crippen LogP contribution in [0.3, 0.4) is 0 Å². The topological polar surface area (TPSA) is 6.48 Å². The molecular weight excluding hydrogens is 352 g/mol. The van der Waals surface area contributed by atoms with Crippen LogP contribution in [0.25, 0.3) is 0 Å². The molecule has 2 aliphatic heterocycles. The lowest BCUT2D eigenvalue weighted by Crippen LogP contribution is -2.60. The van der Waals surface area contributed by atoms with E-state index in [4.69, 9.17) is 0 Å². The molecule has 3 fully saturated rings. The average Bonchev–Trinajstić information content (AvgIpc) is 3.28. The molecule has 1 aromatic rings. The summed E-state index contributed by atoms with van der Waals surface area (Å²) in [7, 11) is 0. The molecule has 0 radical (unpaired) electrons. The molecule has 1 saturated heterocycles. The molecule has 2 aliphatic carbocycles. The van der Waals surface area contributed by atoms with Crippen LogP contribution < -0.4 is 4.90 Å². The molecule has 0 amide bonds. The van der Waals surface area contributed by atoms with E-state index in [1.807, 2.05) is 0 Å². The van der Waals surface area contributed by atoms with Crippen molar-refractivity contribution in [3.8, 4) is 0 Å². The molecule has 3 atom stereocenters. The Morgan fingerprint density at radius 1 is 0.828 bits per heavy atom. The summed E-state index contributed by atoms with van der Waals surface area (Å²) < 4.78 is 0. The van der Waals surface area contributed by atoms with Crippen LogP contribution in [0.5, 0.6) is 0 Å². The zero-order chi connectivity index (χ0) is 20.0. The second-order valence-corrected chi connectivity index (χ2v) is 10.4. The second-order valence-electron chi connectivity index (χ2n) is 10.4.